The first-order valence-corrected chi connectivity index (χ1v) is 12.6. The first-order valence-electron chi connectivity index (χ1n) is 9.98. The molecule has 3 aromatic carbocycles. The van der Waals surface area contributed by atoms with E-state index in [0.717, 1.165) is 5.56 Å². The van der Waals surface area contributed by atoms with Crippen LogP contribution in [0.1, 0.15) is 11.1 Å². The van der Waals surface area contributed by atoms with Crippen molar-refractivity contribution in [3.63, 3.8) is 0 Å². The van der Waals surface area contributed by atoms with Crippen LogP contribution in [0.2, 0.25) is 5.02 Å². The van der Waals surface area contributed by atoms with Gasteiger partial charge in [-0.1, -0.05) is 41.4 Å². The van der Waals surface area contributed by atoms with Crippen LogP contribution in [-0.4, -0.2) is 26.6 Å². The molecule has 10 heteroatoms. The number of halogens is 1. The van der Waals surface area contributed by atoms with E-state index < -0.39 is 10.1 Å². The number of carbonyl (C=O) groups excluding carboxylic acids is 1. The minimum absolute atomic E-state index is 0.0388. The first-order chi connectivity index (χ1) is 16.2. The Hall–Kier alpha value is -3.27. The molecule has 0 aliphatic carbocycles. The van der Waals surface area contributed by atoms with Gasteiger partial charge in [-0.25, -0.2) is 4.99 Å². The summed E-state index contributed by atoms with van der Waals surface area (Å²) in [5.41, 5.74) is 2.18. The minimum Gasteiger partial charge on any atom is -0.493 e. The number of rotatable bonds is 6. The Bertz CT molecular complexity index is 1420. The molecule has 7 nitrogen and oxygen atoms in total. The van der Waals surface area contributed by atoms with Crippen molar-refractivity contribution in [2.24, 2.45) is 4.99 Å². The van der Waals surface area contributed by atoms with Crippen molar-refractivity contribution < 1.29 is 22.1 Å². The Labute approximate surface area is 206 Å². The molecule has 4 rings (SSSR count). The molecule has 0 aromatic heterocycles. The van der Waals surface area contributed by atoms with Crippen LogP contribution in [0, 0.1) is 6.92 Å². The summed E-state index contributed by atoms with van der Waals surface area (Å²) in [5.74, 6) is -0.0507. The number of amides is 1. The quantitative estimate of drug-likeness (QED) is 0.353. The standard InChI is InChI=1S/C24H19ClN2O5S2/c1-15-6-9-19(10-7-15)34(29,30)32-20-11-8-16(12-21(20)31-2)13-22-23(28)27-24(33-22)26-18-5-3-4-17(25)14-18/h3-14H,1-2H3,(H,26,27,28)/b22-13+. The van der Waals surface area contributed by atoms with E-state index in [1.165, 1.54) is 37.1 Å². The Morgan fingerprint density at radius 2 is 1.79 bits per heavy atom. The third kappa shape index (κ3) is 5.61. The van der Waals surface area contributed by atoms with Gasteiger partial charge < -0.3 is 14.2 Å². The first kappa shape index (κ1) is 23.9. The van der Waals surface area contributed by atoms with E-state index in [4.69, 9.17) is 20.5 Å². The van der Waals surface area contributed by atoms with Crippen LogP contribution in [0.15, 0.2) is 81.5 Å². The molecule has 1 aliphatic heterocycles. The van der Waals surface area contributed by atoms with E-state index in [1.54, 1.807) is 54.6 Å². The molecular formula is C24H19ClN2O5S2. The number of amidine groups is 1. The topological polar surface area (TPSA) is 94.1 Å². The SMILES string of the molecule is COc1cc(/C=C2/SC(=Nc3cccc(Cl)c3)NC2=O)ccc1OS(=O)(=O)c1ccc(C)cc1. The van der Waals surface area contributed by atoms with Crippen LogP contribution in [0.3, 0.4) is 0 Å². The molecule has 1 N–H and O–H groups in total. The number of hydrogen-bond donors (Lipinski definition) is 1. The Kier molecular flexibility index (Phi) is 6.97. The predicted molar refractivity (Wildman–Crippen MR) is 134 cm³/mol. The number of hydrogen-bond acceptors (Lipinski definition) is 7. The van der Waals surface area contributed by atoms with Gasteiger partial charge in [0.25, 0.3) is 5.91 Å². The monoisotopic (exact) mass is 514 g/mol. The molecule has 0 atom stereocenters. The largest absolute Gasteiger partial charge is 0.493 e. The lowest BCUT2D eigenvalue weighted by Crippen LogP contribution is -2.19. The molecule has 0 bridgehead atoms. The number of benzene rings is 3. The molecule has 34 heavy (non-hydrogen) atoms. The molecule has 0 spiro atoms. The molecule has 1 fully saturated rings. The van der Waals surface area contributed by atoms with Crippen LogP contribution in [0.25, 0.3) is 6.08 Å². The molecule has 0 saturated carbocycles. The van der Waals surface area contributed by atoms with Gasteiger partial charge in [0.2, 0.25) is 0 Å². The molecule has 0 unspecified atom stereocenters. The van der Waals surface area contributed by atoms with Gasteiger partial charge >= 0.3 is 10.1 Å². The number of methoxy groups -OCH3 is 1. The van der Waals surface area contributed by atoms with Crippen molar-refractivity contribution in [1.29, 1.82) is 0 Å². The van der Waals surface area contributed by atoms with Crippen molar-refractivity contribution in [1.82, 2.24) is 5.32 Å². The average molecular weight is 515 g/mol. The van der Waals surface area contributed by atoms with Gasteiger partial charge in [-0.15, -0.1) is 0 Å². The molecule has 3 aromatic rings. The van der Waals surface area contributed by atoms with Gasteiger partial charge in [-0.3, -0.25) is 4.79 Å². The lowest BCUT2D eigenvalue weighted by atomic mass is 10.2. The van der Waals surface area contributed by atoms with Gasteiger partial charge in [-0.05, 0) is 72.8 Å². The molecule has 174 valence electrons. The fourth-order valence-electron chi connectivity index (χ4n) is 3.01. The van der Waals surface area contributed by atoms with Crippen molar-refractivity contribution in [2.45, 2.75) is 11.8 Å². The van der Waals surface area contributed by atoms with Gasteiger partial charge in [-0.2, -0.15) is 8.42 Å². The number of carbonyl (C=O) groups is 1. The second-order valence-electron chi connectivity index (χ2n) is 7.22. The number of nitrogens with zero attached hydrogens (tertiary/aromatic N) is 1. The van der Waals surface area contributed by atoms with E-state index in [-0.39, 0.29) is 22.3 Å². The summed E-state index contributed by atoms with van der Waals surface area (Å²) in [5, 5.41) is 3.69. The number of aryl methyl sites for hydroxylation is 1. The average Bonchev–Trinajstić information content (AvgIpc) is 3.13. The van der Waals surface area contributed by atoms with E-state index in [2.05, 4.69) is 10.3 Å². The van der Waals surface area contributed by atoms with Crippen LogP contribution < -0.4 is 14.2 Å². The van der Waals surface area contributed by atoms with E-state index in [0.29, 0.717) is 26.3 Å². The zero-order valence-corrected chi connectivity index (χ0v) is 20.5. The fraction of sp³-hybridized carbons (Fsp3) is 0.0833. The van der Waals surface area contributed by atoms with Gasteiger partial charge in [0.1, 0.15) is 4.90 Å². The molecule has 1 saturated heterocycles. The highest BCUT2D eigenvalue weighted by Gasteiger charge is 2.24. The summed E-state index contributed by atoms with van der Waals surface area (Å²) in [6, 6.07) is 18.0. The van der Waals surface area contributed by atoms with Gasteiger partial charge in [0, 0.05) is 5.02 Å². The predicted octanol–water partition coefficient (Wildman–Crippen LogP) is 5.32. The van der Waals surface area contributed by atoms with E-state index >= 15 is 0 Å². The van der Waals surface area contributed by atoms with Crippen molar-refractivity contribution >= 4 is 56.3 Å². The number of nitrogens with one attached hydrogen (secondary N) is 1. The van der Waals surface area contributed by atoms with Crippen molar-refractivity contribution in [3.05, 3.63) is 87.8 Å². The molecule has 1 aliphatic rings. The van der Waals surface area contributed by atoms with Crippen LogP contribution in [0.5, 0.6) is 11.5 Å². The minimum atomic E-state index is -4.04. The normalized spacial score (nSPS) is 16.0. The number of thioether (sulfide) groups is 1. The van der Waals surface area contributed by atoms with Crippen LogP contribution in [0.4, 0.5) is 5.69 Å². The Balaban J connectivity index is 1.55. The summed E-state index contributed by atoms with van der Waals surface area (Å²) in [6.45, 7) is 1.86. The van der Waals surface area contributed by atoms with Gasteiger partial charge in [0.05, 0.1) is 17.7 Å². The summed E-state index contributed by atoms with van der Waals surface area (Å²) in [6.07, 6.45) is 1.65. The molecule has 1 amide bonds. The summed E-state index contributed by atoms with van der Waals surface area (Å²) >= 11 is 7.16. The zero-order chi connectivity index (χ0) is 24.3. The lowest BCUT2D eigenvalue weighted by molar-refractivity contribution is -0.115. The van der Waals surface area contributed by atoms with Crippen LogP contribution >= 0.6 is 23.4 Å². The molecular weight excluding hydrogens is 496 g/mol. The van der Waals surface area contributed by atoms with Crippen LogP contribution in [-0.2, 0) is 14.9 Å². The zero-order valence-electron chi connectivity index (χ0n) is 18.1. The second-order valence-corrected chi connectivity index (χ2v) is 10.2. The fourth-order valence-corrected chi connectivity index (χ4v) is 4.97. The highest BCUT2D eigenvalue weighted by molar-refractivity contribution is 8.18. The number of aliphatic imine (C=N–C) groups is 1. The molecule has 0 radical (unpaired) electrons. The second kappa shape index (κ2) is 9.92. The van der Waals surface area contributed by atoms with E-state index in [9.17, 15) is 13.2 Å². The Morgan fingerprint density at radius 3 is 2.50 bits per heavy atom. The summed E-state index contributed by atoms with van der Waals surface area (Å²) in [7, 11) is -2.63. The van der Waals surface area contributed by atoms with Gasteiger partial charge in [0.15, 0.2) is 16.7 Å². The maximum absolute atomic E-state index is 12.6. The summed E-state index contributed by atoms with van der Waals surface area (Å²) in [4.78, 5) is 17.2. The molecule has 1 heterocycles. The smallest absolute Gasteiger partial charge is 0.339 e. The highest BCUT2D eigenvalue weighted by atomic mass is 35.5. The highest BCUT2D eigenvalue weighted by Crippen LogP contribution is 2.34. The maximum atomic E-state index is 12.6. The third-order valence-electron chi connectivity index (χ3n) is 4.68. The van der Waals surface area contributed by atoms with Crippen molar-refractivity contribution in [2.75, 3.05) is 7.11 Å². The lowest BCUT2D eigenvalue weighted by Gasteiger charge is -2.11. The number of ether oxygens (including phenoxy) is 1. The third-order valence-corrected chi connectivity index (χ3v) is 7.08. The maximum Gasteiger partial charge on any atom is 0.339 e. The van der Waals surface area contributed by atoms with E-state index in [1.807, 2.05) is 6.92 Å². The van der Waals surface area contributed by atoms with Crippen molar-refractivity contribution in [3.8, 4) is 11.5 Å². The summed E-state index contributed by atoms with van der Waals surface area (Å²) < 4.78 is 35.9. The Morgan fingerprint density at radius 1 is 1.03 bits per heavy atom.